The van der Waals surface area contributed by atoms with Gasteiger partial charge in [-0.15, -0.1) is 0 Å². The van der Waals surface area contributed by atoms with Gasteiger partial charge in [-0.2, -0.15) is 0 Å². The second-order valence-electron chi connectivity index (χ2n) is 5.38. The number of benzene rings is 1. The molecule has 1 aliphatic rings. The van der Waals surface area contributed by atoms with Gasteiger partial charge in [-0.25, -0.2) is 13.1 Å². The molecule has 0 amide bonds. The van der Waals surface area contributed by atoms with Crippen LogP contribution in [-0.2, 0) is 21.2 Å². The highest BCUT2D eigenvalue weighted by Gasteiger charge is 2.29. The third kappa shape index (κ3) is 2.94. The maximum atomic E-state index is 12.2. The summed E-state index contributed by atoms with van der Waals surface area (Å²) >= 11 is 0. The van der Waals surface area contributed by atoms with E-state index in [0.29, 0.717) is 18.8 Å². The summed E-state index contributed by atoms with van der Waals surface area (Å²) in [5.74, 6) is -0.350. The Labute approximate surface area is 117 Å². The number of carboxylic acid groups (broad SMARTS) is 1. The van der Waals surface area contributed by atoms with Crippen LogP contribution in [0.1, 0.15) is 19.4 Å². The van der Waals surface area contributed by atoms with Gasteiger partial charge in [0.2, 0.25) is 10.0 Å². The minimum atomic E-state index is -3.72. The summed E-state index contributed by atoms with van der Waals surface area (Å²) in [7, 11) is -3.72. The Morgan fingerprint density at radius 3 is 2.80 bits per heavy atom. The normalized spacial score (nSPS) is 14.7. The van der Waals surface area contributed by atoms with E-state index in [4.69, 9.17) is 9.84 Å². The van der Waals surface area contributed by atoms with Gasteiger partial charge < -0.3 is 9.84 Å². The van der Waals surface area contributed by atoms with Crippen LogP contribution in [0.4, 0.5) is 0 Å². The molecule has 1 aromatic rings. The standard InChI is InChI=1S/C13H17NO5S/c1-13(2,12(15)16)8-14-20(17,18)10-3-4-11-9(7-10)5-6-19-11/h3-4,7,14H,5-6,8H2,1-2H3,(H,15,16). The number of fused-ring (bicyclic) bond motifs is 1. The Kier molecular flexibility index (Phi) is 3.75. The lowest BCUT2D eigenvalue weighted by Crippen LogP contribution is -2.38. The summed E-state index contributed by atoms with van der Waals surface area (Å²) < 4.78 is 32.0. The van der Waals surface area contributed by atoms with E-state index >= 15 is 0 Å². The summed E-state index contributed by atoms with van der Waals surface area (Å²) in [6.07, 6.45) is 0.680. The highest BCUT2D eigenvalue weighted by atomic mass is 32.2. The van der Waals surface area contributed by atoms with Crippen LogP contribution in [0.3, 0.4) is 0 Å². The number of hydrogen-bond donors (Lipinski definition) is 2. The number of nitrogens with one attached hydrogen (secondary N) is 1. The summed E-state index contributed by atoms with van der Waals surface area (Å²) in [6.45, 7) is 3.32. The van der Waals surface area contributed by atoms with Crippen LogP contribution in [-0.4, -0.2) is 32.6 Å². The van der Waals surface area contributed by atoms with E-state index in [9.17, 15) is 13.2 Å². The summed E-state index contributed by atoms with van der Waals surface area (Å²) in [4.78, 5) is 11.1. The molecule has 0 atom stereocenters. The van der Waals surface area contributed by atoms with E-state index in [-0.39, 0.29) is 11.4 Å². The molecule has 0 bridgehead atoms. The van der Waals surface area contributed by atoms with Gasteiger partial charge in [-0.05, 0) is 37.6 Å². The number of hydrogen-bond acceptors (Lipinski definition) is 4. The lowest BCUT2D eigenvalue weighted by Gasteiger charge is -2.19. The summed E-state index contributed by atoms with van der Waals surface area (Å²) in [5.41, 5.74) is -0.308. The van der Waals surface area contributed by atoms with Crippen molar-refractivity contribution < 1.29 is 23.1 Å². The van der Waals surface area contributed by atoms with Crippen molar-refractivity contribution in [3.63, 3.8) is 0 Å². The molecule has 110 valence electrons. The van der Waals surface area contributed by atoms with Crippen molar-refractivity contribution in [2.24, 2.45) is 5.41 Å². The van der Waals surface area contributed by atoms with Crippen LogP contribution in [0.15, 0.2) is 23.1 Å². The summed E-state index contributed by atoms with van der Waals surface area (Å²) in [5, 5.41) is 8.98. The zero-order chi connectivity index (χ0) is 15.0. The molecule has 0 unspecified atom stereocenters. The van der Waals surface area contributed by atoms with Crippen LogP contribution < -0.4 is 9.46 Å². The highest BCUT2D eigenvalue weighted by Crippen LogP contribution is 2.27. The third-order valence-electron chi connectivity index (χ3n) is 3.25. The molecule has 2 rings (SSSR count). The molecule has 7 heteroatoms. The molecule has 0 saturated heterocycles. The number of sulfonamides is 1. The number of rotatable bonds is 5. The number of ether oxygens (including phenoxy) is 1. The fraction of sp³-hybridized carbons (Fsp3) is 0.462. The van der Waals surface area contributed by atoms with Crippen molar-refractivity contribution in [3.8, 4) is 5.75 Å². The first kappa shape index (κ1) is 14.8. The Balaban J connectivity index is 2.17. The van der Waals surface area contributed by atoms with Gasteiger partial charge >= 0.3 is 5.97 Å². The molecular weight excluding hydrogens is 282 g/mol. The number of carbonyl (C=O) groups is 1. The fourth-order valence-corrected chi connectivity index (χ4v) is 3.03. The van der Waals surface area contributed by atoms with Crippen molar-refractivity contribution in [1.29, 1.82) is 0 Å². The second-order valence-corrected chi connectivity index (χ2v) is 7.15. The number of aliphatic carboxylic acids is 1. The third-order valence-corrected chi connectivity index (χ3v) is 4.65. The van der Waals surface area contributed by atoms with Crippen LogP contribution in [0.2, 0.25) is 0 Å². The first-order chi connectivity index (χ1) is 9.22. The average molecular weight is 299 g/mol. The van der Waals surface area contributed by atoms with Crippen LogP contribution in [0.5, 0.6) is 5.75 Å². The molecule has 0 fully saturated rings. The van der Waals surface area contributed by atoms with Gasteiger partial charge in [0.05, 0.1) is 16.9 Å². The van der Waals surface area contributed by atoms with Gasteiger partial charge in [0.1, 0.15) is 5.75 Å². The predicted molar refractivity (Wildman–Crippen MR) is 72.2 cm³/mol. The molecule has 6 nitrogen and oxygen atoms in total. The lowest BCUT2D eigenvalue weighted by molar-refractivity contribution is -0.146. The van der Waals surface area contributed by atoms with Crippen LogP contribution in [0, 0.1) is 5.41 Å². The molecule has 0 aromatic heterocycles. The van der Waals surface area contributed by atoms with E-state index < -0.39 is 21.4 Å². The van der Waals surface area contributed by atoms with Gasteiger partial charge in [0.15, 0.2) is 0 Å². The van der Waals surface area contributed by atoms with Crippen molar-refractivity contribution in [3.05, 3.63) is 23.8 Å². The first-order valence-electron chi connectivity index (χ1n) is 6.21. The topological polar surface area (TPSA) is 92.7 Å². The quantitative estimate of drug-likeness (QED) is 0.846. The maximum absolute atomic E-state index is 12.2. The Bertz CT molecular complexity index is 636. The maximum Gasteiger partial charge on any atom is 0.310 e. The predicted octanol–water partition coefficient (Wildman–Crippen LogP) is 1.01. The van der Waals surface area contributed by atoms with Crippen molar-refractivity contribution in [2.75, 3.05) is 13.2 Å². The molecule has 2 N–H and O–H groups in total. The molecule has 1 aliphatic heterocycles. The molecule has 20 heavy (non-hydrogen) atoms. The molecule has 0 aliphatic carbocycles. The second kappa shape index (κ2) is 5.06. The summed E-state index contributed by atoms with van der Waals surface area (Å²) in [6, 6.07) is 4.65. The molecule has 1 aromatic carbocycles. The van der Waals surface area contributed by atoms with E-state index in [2.05, 4.69) is 4.72 Å². The lowest BCUT2D eigenvalue weighted by atomic mass is 9.95. The molecule has 0 saturated carbocycles. The van der Waals surface area contributed by atoms with Crippen molar-refractivity contribution >= 4 is 16.0 Å². The fourth-order valence-electron chi connectivity index (χ4n) is 1.76. The van der Waals surface area contributed by atoms with Crippen molar-refractivity contribution in [1.82, 2.24) is 4.72 Å². The smallest absolute Gasteiger partial charge is 0.310 e. The number of carboxylic acids is 1. The van der Waals surface area contributed by atoms with E-state index in [1.807, 2.05) is 0 Å². The zero-order valence-corrected chi connectivity index (χ0v) is 12.2. The van der Waals surface area contributed by atoms with Crippen LogP contribution in [0.25, 0.3) is 0 Å². The monoisotopic (exact) mass is 299 g/mol. The Morgan fingerprint density at radius 2 is 2.15 bits per heavy atom. The SMILES string of the molecule is CC(C)(CNS(=O)(=O)c1ccc2c(c1)CCO2)C(=O)O. The van der Waals surface area contributed by atoms with Gasteiger partial charge in [0.25, 0.3) is 0 Å². The molecular formula is C13H17NO5S. The van der Waals surface area contributed by atoms with E-state index in [0.717, 1.165) is 5.56 Å². The largest absolute Gasteiger partial charge is 0.493 e. The van der Waals surface area contributed by atoms with E-state index in [1.165, 1.54) is 19.9 Å². The van der Waals surface area contributed by atoms with Crippen molar-refractivity contribution in [2.45, 2.75) is 25.2 Å². The molecule has 0 radical (unpaired) electrons. The first-order valence-corrected chi connectivity index (χ1v) is 7.69. The van der Waals surface area contributed by atoms with Gasteiger partial charge in [0, 0.05) is 13.0 Å². The van der Waals surface area contributed by atoms with Crippen LogP contribution >= 0.6 is 0 Å². The minimum Gasteiger partial charge on any atom is -0.493 e. The zero-order valence-electron chi connectivity index (χ0n) is 11.3. The average Bonchev–Trinajstić information content (AvgIpc) is 2.83. The molecule has 0 spiro atoms. The Morgan fingerprint density at radius 1 is 1.45 bits per heavy atom. The highest BCUT2D eigenvalue weighted by molar-refractivity contribution is 7.89. The Hall–Kier alpha value is -1.60. The van der Waals surface area contributed by atoms with E-state index in [1.54, 1.807) is 12.1 Å². The van der Waals surface area contributed by atoms with Gasteiger partial charge in [-0.3, -0.25) is 4.79 Å². The minimum absolute atomic E-state index is 0.128. The molecule has 1 heterocycles. The van der Waals surface area contributed by atoms with Gasteiger partial charge in [-0.1, -0.05) is 0 Å².